The molecule has 126 valence electrons. The highest BCUT2D eigenvalue weighted by Crippen LogP contribution is 2.33. The Morgan fingerprint density at radius 2 is 2.04 bits per heavy atom. The summed E-state index contributed by atoms with van der Waals surface area (Å²) in [6.07, 6.45) is 0.934. The molecular weight excluding hydrogens is 312 g/mol. The summed E-state index contributed by atoms with van der Waals surface area (Å²) in [6.45, 7) is 2.78. The van der Waals surface area contributed by atoms with Crippen LogP contribution in [0.3, 0.4) is 0 Å². The topological polar surface area (TPSA) is 58.4 Å². The molecule has 1 aliphatic rings. The smallest absolute Gasteiger partial charge is 0.224 e. The van der Waals surface area contributed by atoms with Crippen LogP contribution in [0, 0.1) is 11.6 Å². The summed E-state index contributed by atoms with van der Waals surface area (Å²) >= 11 is 0. The van der Waals surface area contributed by atoms with Crippen molar-refractivity contribution in [3.05, 3.63) is 53.1 Å². The zero-order valence-electron chi connectivity index (χ0n) is 13.4. The van der Waals surface area contributed by atoms with E-state index in [1.54, 1.807) is 25.1 Å². The Morgan fingerprint density at radius 1 is 1.25 bits per heavy atom. The number of carbonyl (C=O) groups is 1. The fraction of sp³-hybridized carbons (Fsp3) is 0.278. The number of nitrogens with zero attached hydrogens (tertiary/aromatic N) is 1. The summed E-state index contributed by atoms with van der Waals surface area (Å²) in [5.74, 6) is -1.02. The van der Waals surface area contributed by atoms with Gasteiger partial charge in [-0.2, -0.15) is 0 Å². The first kappa shape index (κ1) is 16.2. The van der Waals surface area contributed by atoms with Crippen LogP contribution in [0.4, 0.5) is 25.8 Å². The molecule has 2 aromatic carbocycles. The maximum atomic E-state index is 14.7. The Kier molecular flexibility index (Phi) is 4.38. The molecule has 0 saturated heterocycles. The van der Waals surface area contributed by atoms with Crippen molar-refractivity contribution < 1.29 is 13.6 Å². The van der Waals surface area contributed by atoms with Crippen LogP contribution >= 0.6 is 0 Å². The van der Waals surface area contributed by atoms with E-state index in [2.05, 4.69) is 5.32 Å². The highest BCUT2D eigenvalue weighted by Gasteiger charge is 2.21. The largest absolute Gasteiger partial charge is 0.395 e. The first-order chi connectivity index (χ1) is 11.5. The van der Waals surface area contributed by atoms with E-state index in [-0.39, 0.29) is 23.1 Å². The molecule has 0 saturated carbocycles. The minimum atomic E-state index is -0.547. The van der Waals surface area contributed by atoms with Gasteiger partial charge in [0.05, 0.1) is 17.1 Å². The SMILES string of the molecule is CCC(=O)Nc1ccc(N2CCc3cc(F)ccc3C2)c(F)c1N. The molecule has 1 amide bonds. The first-order valence-electron chi connectivity index (χ1n) is 7.89. The molecule has 0 aliphatic carbocycles. The second kappa shape index (κ2) is 6.47. The van der Waals surface area contributed by atoms with Crippen LogP contribution < -0.4 is 16.0 Å². The van der Waals surface area contributed by atoms with Crippen molar-refractivity contribution in [1.82, 2.24) is 0 Å². The van der Waals surface area contributed by atoms with Crippen LogP contribution in [0.2, 0.25) is 0 Å². The van der Waals surface area contributed by atoms with Crippen LogP contribution in [0.1, 0.15) is 24.5 Å². The summed E-state index contributed by atoms with van der Waals surface area (Å²) in [5.41, 5.74) is 8.36. The van der Waals surface area contributed by atoms with Gasteiger partial charge >= 0.3 is 0 Å². The molecule has 0 bridgehead atoms. The lowest BCUT2D eigenvalue weighted by Crippen LogP contribution is -2.31. The first-order valence-corrected chi connectivity index (χ1v) is 7.89. The van der Waals surface area contributed by atoms with Crippen LogP contribution in [0.15, 0.2) is 30.3 Å². The van der Waals surface area contributed by atoms with Gasteiger partial charge in [-0.1, -0.05) is 13.0 Å². The van der Waals surface area contributed by atoms with E-state index in [4.69, 9.17) is 5.73 Å². The summed E-state index contributed by atoms with van der Waals surface area (Å²) in [6, 6.07) is 7.90. The van der Waals surface area contributed by atoms with E-state index in [0.29, 0.717) is 31.6 Å². The fourth-order valence-electron chi connectivity index (χ4n) is 2.90. The van der Waals surface area contributed by atoms with E-state index in [0.717, 1.165) is 11.1 Å². The predicted octanol–water partition coefficient (Wildman–Crippen LogP) is 3.46. The maximum Gasteiger partial charge on any atom is 0.224 e. The van der Waals surface area contributed by atoms with Gasteiger partial charge in [-0.25, -0.2) is 8.78 Å². The van der Waals surface area contributed by atoms with E-state index in [1.165, 1.54) is 12.1 Å². The Balaban J connectivity index is 1.87. The molecule has 3 N–H and O–H groups in total. The van der Waals surface area contributed by atoms with Crippen molar-refractivity contribution in [3.8, 4) is 0 Å². The second-order valence-corrected chi connectivity index (χ2v) is 5.85. The molecule has 1 aliphatic heterocycles. The number of amides is 1. The third kappa shape index (κ3) is 3.04. The molecule has 24 heavy (non-hydrogen) atoms. The summed E-state index contributed by atoms with van der Waals surface area (Å²) < 4.78 is 27.9. The number of halogens is 2. The number of rotatable bonds is 3. The van der Waals surface area contributed by atoms with Crippen molar-refractivity contribution in [2.24, 2.45) is 0 Å². The molecule has 0 atom stereocenters. The van der Waals surface area contributed by atoms with Crippen LogP contribution in [0.5, 0.6) is 0 Å². The number of nitrogens with two attached hydrogens (primary N) is 1. The lowest BCUT2D eigenvalue weighted by Gasteiger charge is -2.31. The zero-order valence-corrected chi connectivity index (χ0v) is 13.4. The van der Waals surface area contributed by atoms with Crippen molar-refractivity contribution in [3.63, 3.8) is 0 Å². The van der Waals surface area contributed by atoms with Crippen LogP contribution in [-0.4, -0.2) is 12.5 Å². The third-order valence-corrected chi connectivity index (χ3v) is 4.28. The number of nitrogens with one attached hydrogen (secondary N) is 1. The second-order valence-electron chi connectivity index (χ2n) is 5.85. The summed E-state index contributed by atoms with van der Waals surface area (Å²) in [7, 11) is 0. The van der Waals surface area contributed by atoms with Crippen molar-refractivity contribution >= 4 is 23.0 Å². The average molecular weight is 331 g/mol. The standard InChI is InChI=1S/C18H19F2N3O/c1-2-16(24)22-14-5-6-15(17(20)18(14)21)23-8-7-11-9-13(19)4-3-12(11)10-23/h3-6,9H,2,7-8,10,21H2,1H3,(H,22,24). The molecule has 0 unspecified atom stereocenters. The van der Waals surface area contributed by atoms with E-state index in [1.807, 2.05) is 4.90 Å². The third-order valence-electron chi connectivity index (χ3n) is 4.28. The highest BCUT2D eigenvalue weighted by molar-refractivity contribution is 5.94. The van der Waals surface area contributed by atoms with Crippen molar-refractivity contribution in [2.75, 3.05) is 22.5 Å². The number of nitrogen functional groups attached to an aromatic ring is 1. The molecule has 0 fully saturated rings. The molecular formula is C18H19F2N3O. The average Bonchev–Trinajstić information content (AvgIpc) is 2.58. The number of fused-ring (bicyclic) bond motifs is 1. The molecule has 3 rings (SSSR count). The van der Waals surface area contributed by atoms with Gasteiger partial charge in [0.25, 0.3) is 0 Å². The number of benzene rings is 2. The van der Waals surface area contributed by atoms with Gasteiger partial charge in [-0.15, -0.1) is 0 Å². The minimum Gasteiger partial charge on any atom is -0.395 e. The molecule has 0 radical (unpaired) electrons. The molecule has 4 nitrogen and oxygen atoms in total. The summed E-state index contributed by atoms with van der Waals surface area (Å²) in [5, 5.41) is 2.59. The number of hydrogen-bond acceptors (Lipinski definition) is 3. The van der Waals surface area contributed by atoms with E-state index in [9.17, 15) is 13.6 Å². The molecule has 1 heterocycles. The van der Waals surface area contributed by atoms with Crippen LogP contribution in [-0.2, 0) is 17.8 Å². The lowest BCUT2D eigenvalue weighted by atomic mass is 9.99. The molecule has 0 aromatic heterocycles. The van der Waals surface area contributed by atoms with Gasteiger partial charge < -0.3 is 16.0 Å². The maximum absolute atomic E-state index is 14.7. The quantitative estimate of drug-likeness (QED) is 0.847. The highest BCUT2D eigenvalue weighted by atomic mass is 19.1. The van der Waals surface area contributed by atoms with Gasteiger partial charge in [-0.05, 0) is 41.8 Å². The lowest BCUT2D eigenvalue weighted by molar-refractivity contribution is -0.115. The Labute approximate surface area is 139 Å². The van der Waals surface area contributed by atoms with Gasteiger partial charge in [-0.3, -0.25) is 4.79 Å². The van der Waals surface area contributed by atoms with Crippen molar-refractivity contribution in [2.45, 2.75) is 26.3 Å². The number of anilines is 3. The molecule has 0 spiro atoms. The predicted molar refractivity (Wildman–Crippen MR) is 90.9 cm³/mol. The van der Waals surface area contributed by atoms with Gasteiger partial charge in [0.15, 0.2) is 5.82 Å². The van der Waals surface area contributed by atoms with Gasteiger partial charge in [0, 0.05) is 19.5 Å². The Hall–Kier alpha value is -2.63. The Morgan fingerprint density at radius 3 is 2.79 bits per heavy atom. The minimum absolute atomic E-state index is 0.0702. The van der Waals surface area contributed by atoms with E-state index >= 15 is 0 Å². The van der Waals surface area contributed by atoms with Gasteiger partial charge in [0.2, 0.25) is 5.91 Å². The monoisotopic (exact) mass is 331 g/mol. The van der Waals surface area contributed by atoms with Gasteiger partial charge in [0.1, 0.15) is 5.82 Å². The molecule has 2 aromatic rings. The summed E-state index contributed by atoms with van der Waals surface area (Å²) in [4.78, 5) is 13.3. The zero-order chi connectivity index (χ0) is 17.3. The van der Waals surface area contributed by atoms with Crippen LogP contribution in [0.25, 0.3) is 0 Å². The van der Waals surface area contributed by atoms with E-state index < -0.39 is 5.82 Å². The fourth-order valence-corrected chi connectivity index (χ4v) is 2.90. The van der Waals surface area contributed by atoms with Crippen molar-refractivity contribution in [1.29, 1.82) is 0 Å². The number of carbonyl (C=O) groups excluding carboxylic acids is 1. The molecule has 6 heteroatoms. The number of hydrogen-bond donors (Lipinski definition) is 2. The Bertz CT molecular complexity index is 792. The normalized spacial score (nSPS) is 13.5.